The van der Waals surface area contributed by atoms with Crippen molar-refractivity contribution in [3.63, 3.8) is 0 Å². The first-order valence-corrected chi connectivity index (χ1v) is 12.0. The molecule has 0 unspecified atom stereocenters. The van der Waals surface area contributed by atoms with Crippen LogP contribution < -0.4 is 4.90 Å². The van der Waals surface area contributed by atoms with E-state index in [1.165, 1.54) is 6.26 Å². The van der Waals surface area contributed by atoms with Gasteiger partial charge in [-0.25, -0.2) is 13.2 Å². The number of rotatable bonds is 4. The Morgan fingerprint density at radius 2 is 1.72 bits per heavy atom. The molecule has 0 saturated carbocycles. The minimum Gasteiger partial charge on any atom is -0.316 e. The Bertz CT molecular complexity index is 1310. The van der Waals surface area contributed by atoms with E-state index in [9.17, 15) is 13.2 Å². The first-order chi connectivity index (χ1) is 15.3. The molecule has 2 heterocycles. The molecular weight excluding hydrogens is 422 g/mol. The fourth-order valence-corrected chi connectivity index (χ4v) is 4.27. The third kappa shape index (κ3) is 4.82. The number of aromatic nitrogens is 1. The van der Waals surface area contributed by atoms with E-state index in [2.05, 4.69) is 16.8 Å². The lowest BCUT2D eigenvalue weighted by Gasteiger charge is -2.35. The van der Waals surface area contributed by atoms with Gasteiger partial charge < -0.3 is 4.90 Å². The highest BCUT2D eigenvalue weighted by atomic mass is 32.2. The van der Waals surface area contributed by atoms with Gasteiger partial charge in [-0.15, -0.1) is 0 Å². The van der Waals surface area contributed by atoms with Crippen molar-refractivity contribution in [1.29, 1.82) is 0 Å². The molecule has 0 radical (unpaired) electrons. The second-order valence-corrected chi connectivity index (χ2v) is 9.81. The van der Waals surface area contributed by atoms with Gasteiger partial charge in [0.25, 0.3) is 0 Å². The van der Waals surface area contributed by atoms with Crippen LogP contribution in [-0.2, 0) is 29.3 Å². The number of carbonyl (C=O) groups is 1. The number of anilines is 1. The zero-order valence-corrected chi connectivity index (χ0v) is 18.8. The Morgan fingerprint density at radius 1 is 1.00 bits per heavy atom. The molecule has 3 aromatic rings. The van der Waals surface area contributed by atoms with Crippen molar-refractivity contribution < 1.29 is 13.2 Å². The lowest BCUT2D eigenvalue weighted by Crippen LogP contribution is -2.44. The maximum atomic E-state index is 12.9. The summed E-state index contributed by atoms with van der Waals surface area (Å²) in [6, 6.07) is 16.3. The molecule has 6 nitrogen and oxygen atoms in total. The molecule has 0 bridgehead atoms. The zero-order valence-electron chi connectivity index (χ0n) is 17.9. The van der Waals surface area contributed by atoms with E-state index in [1.807, 2.05) is 30.3 Å². The fourth-order valence-electron chi connectivity index (χ4n) is 3.64. The Balaban J connectivity index is 1.51. The van der Waals surface area contributed by atoms with Crippen LogP contribution in [0.5, 0.6) is 0 Å². The van der Waals surface area contributed by atoms with Crippen LogP contribution in [0.1, 0.15) is 22.3 Å². The summed E-state index contributed by atoms with van der Waals surface area (Å²) in [7, 11) is -1.49. The van der Waals surface area contributed by atoms with Crippen molar-refractivity contribution in [3.8, 4) is 11.8 Å². The van der Waals surface area contributed by atoms with Gasteiger partial charge >= 0.3 is 6.03 Å². The molecule has 1 aliphatic heterocycles. The fraction of sp³-hybridized carbons (Fsp3) is 0.200. The summed E-state index contributed by atoms with van der Waals surface area (Å²) in [5, 5.41) is 0. The highest BCUT2D eigenvalue weighted by Crippen LogP contribution is 2.29. The minimum absolute atomic E-state index is 0.0961. The van der Waals surface area contributed by atoms with E-state index in [1.54, 1.807) is 53.5 Å². The van der Waals surface area contributed by atoms with E-state index >= 15 is 0 Å². The van der Waals surface area contributed by atoms with E-state index in [4.69, 9.17) is 0 Å². The summed E-state index contributed by atoms with van der Waals surface area (Å²) >= 11 is 0. The van der Waals surface area contributed by atoms with Crippen LogP contribution in [0.25, 0.3) is 0 Å². The minimum atomic E-state index is -3.25. The molecular formula is C25H23N3O3S. The lowest BCUT2D eigenvalue weighted by atomic mass is 10.0. The zero-order chi connectivity index (χ0) is 22.7. The molecule has 162 valence electrons. The van der Waals surface area contributed by atoms with Crippen molar-refractivity contribution >= 4 is 21.6 Å². The van der Waals surface area contributed by atoms with Gasteiger partial charge in [0.1, 0.15) is 0 Å². The van der Waals surface area contributed by atoms with Crippen molar-refractivity contribution in [2.24, 2.45) is 0 Å². The molecule has 32 heavy (non-hydrogen) atoms. The van der Waals surface area contributed by atoms with Crippen LogP contribution >= 0.6 is 0 Å². The van der Waals surface area contributed by atoms with Gasteiger partial charge in [-0.1, -0.05) is 24.0 Å². The molecule has 0 aliphatic carbocycles. The molecule has 1 aromatic heterocycles. The van der Waals surface area contributed by atoms with Crippen LogP contribution in [-0.4, -0.2) is 37.6 Å². The second-order valence-electron chi connectivity index (χ2n) is 7.79. The molecule has 7 heteroatoms. The summed E-state index contributed by atoms with van der Waals surface area (Å²) in [5.41, 5.74) is 4.78. The molecule has 0 spiro atoms. The Labute approximate surface area is 188 Å². The highest BCUT2D eigenvalue weighted by Gasteiger charge is 2.27. The number of amides is 2. The number of hydrogen-bond acceptors (Lipinski definition) is 4. The maximum Gasteiger partial charge on any atom is 0.324 e. The molecule has 2 aromatic carbocycles. The Hall–Kier alpha value is -3.63. The Morgan fingerprint density at radius 3 is 2.41 bits per heavy atom. The van der Waals surface area contributed by atoms with E-state index in [-0.39, 0.29) is 10.9 Å². The third-order valence-corrected chi connectivity index (χ3v) is 6.49. The third-order valence-electron chi connectivity index (χ3n) is 5.36. The summed E-state index contributed by atoms with van der Waals surface area (Å²) in [6.45, 7) is 0.858. The molecule has 0 saturated heterocycles. The summed E-state index contributed by atoms with van der Waals surface area (Å²) in [4.78, 5) is 20.5. The lowest BCUT2D eigenvalue weighted by molar-refractivity contribution is 0.197. The van der Waals surface area contributed by atoms with Gasteiger partial charge in [0.15, 0.2) is 9.84 Å². The molecule has 2 amide bonds. The van der Waals surface area contributed by atoms with Gasteiger partial charge in [-0.05, 0) is 59.2 Å². The van der Waals surface area contributed by atoms with Crippen LogP contribution in [0.15, 0.2) is 71.9 Å². The van der Waals surface area contributed by atoms with Crippen molar-refractivity contribution in [2.75, 3.05) is 18.2 Å². The molecule has 0 fully saturated rings. The van der Waals surface area contributed by atoms with Gasteiger partial charge in [0, 0.05) is 50.8 Å². The van der Waals surface area contributed by atoms with Crippen LogP contribution in [0.4, 0.5) is 10.5 Å². The topological polar surface area (TPSA) is 70.6 Å². The second kappa shape index (κ2) is 8.85. The molecule has 1 aliphatic rings. The van der Waals surface area contributed by atoms with E-state index < -0.39 is 9.84 Å². The monoisotopic (exact) mass is 445 g/mol. The molecule has 0 atom stereocenters. The number of benzene rings is 2. The van der Waals surface area contributed by atoms with Crippen molar-refractivity contribution in [3.05, 3.63) is 89.2 Å². The van der Waals surface area contributed by atoms with Gasteiger partial charge in [0.2, 0.25) is 0 Å². The predicted octanol–water partition coefficient (Wildman–Crippen LogP) is 3.65. The number of pyridine rings is 1. The van der Waals surface area contributed by atoms with Crippen molar-refractivity contribution in [2.45, 2.75) is 24.4 Å². The number of nitrogens with zero attached hydrogens (tertiary/aromatic N) is 3. The SMILES string of the molecule is CN1C(=O)N(Cc2ccc(S(C)(=O)=O)cc2)Cc2cc(C#CCc3ccncc3)ccc21. The maximum absolute atomic E-state index is 12.9. The average molecular weight is 446 g/mol. The van der Waals surface area contributed by atoms with Crippen LogP contribution in [0.3, 0.4) is 0 Å². The summed E-state index contributed by atoms with van der Waals surface area (Å²) in [6.07, 6.45) is 5.34. The number of sulfone groups is 1. The van der Waals surface area contributed by atoms with Crippen LogP contribution in [0, 0.1) is 11.8 Å². The largest absolute Gasteiger partial charge is 0.324 e. The predicted molar refractivity (Wildman–Crippen MR) is 124 cm³/mol. The highest BCUT2D eigenvalue weighted by molar-refractivity contribution is 7.90. The van der Waals surface area contributed by atoms with Crippen molar-refractivity contribution in [1.82, 2.24) is 9.88 Å². The quantitative estimate of drug-likeness (QED) is 0.575. The number of fused-ring (bicyclic) bond motifs is 1. The first-order valence-electron chi connectivity index (χ1n) is 10.1. The number of carbonyl (C=O) groups excluding carboxylic acids is 1. The number of urea groups is 1. The van der Waals surface area contributed by atoms with E-state index in [0.717, 1.165) is 27.9 Å². The first kappa shape index (κ1) is 21.6. The average Bonchev–Trinajstić information content (AvgIpc) is 2.78. The van der Waals surface area contributed by atoms with E-state index in [0.29, 0.717) is 19.5 Å². The van der Waals surface area contributed by atoms with Gasteiger partial charge in [0.05, 0.1) is 10.6 Å². The van der Waals surface area contributed by atoms with Crippen LogP contribution in [0.2, 0.25) is 0 Å². The molecule has 0 N–H and O–H groups in total. The summed E-state index contributed by atoms with van der Waals surface area (Å²) < 4.78 is 23.3. The molecule has 4 rings (SSSR count). The van der Waals surface area contributed by atoms with Gasteiger partial charge in [-0.3, -0.25) is 9.88 Å². The Kier molecular flexibility index (Phi) is 5.97. The normalized spacial score (nSPS) is 13.4. The number of hydrogen-bond donors (Lipinski definition) is 0. The van der Waals surface area contributed by atoms with Gasteiger partial charge in [-0.2, -0.15) is 0 Å². The standard InChI is InChI=1S/C25H23N3O3S/c1-27-24-11-8-20(5-3-4-19-12-14-26-15-13-19)16-22(24)18-28(25(27)29)17-21-6-9-23(10-7-21)32(2,30)31/h6-16H,4,17-18H2,1-2H3. The smallest absolute Gasteiger partial charge is 0.316 e. The summed E-state index contributed by atoms with van der Waals surface area (Å²) in [5.74, 6) is 6.40.